The SMILES string of the molecule is CCC(CC(C)C(=O)NCCCn1ccnc1)C(=O)[O-]. The summed E-state index contributed by atoms with van der Waals surface area (Å²) < 4.78 is 1.94. The predicted molar refractivity (Wildman–Crippen MR) is 72.4 cm³/mol. The van der Waals surface area contributed by atoms with E-state index in [0.717, 1.165) is 13.0 Å². The predicted octanol–water partition coefficient (Wildman–Crippen LogP) is 0.192. The zero-order valence-corrected chi connectivity index (χ0v) is 12.0. The lowest BCUT2D eigenvalue weighted by molar-refractivity contribution is -0.312. The molecule has 0 aromatic carbocycles. The Morgan fingerprint density at radius 1 is 1.45 bits per heavy atom. The number of nitrogens with one attached hydrogen (secondary N) is 1. The lowest BCUT2D eigenvalue weighted by atomic mass is 9.93. The Kier molecular flexibility index (Phi) is 6.76. The molecule has 1 N–H and O–H groups in total. The number of imidazole rings is 1. The van der Waals surface area contributed by atoms with Crippen LogP contribution in [0.4, 0.5) is 0 Å². The first kappa shape index (κ1) is 16.2. The van der Waals surface area contributed by atoms with Gasteiger partial charge in [-0.05, 0) is 25.2 Å². The number of hydrogen-bond acceptors (Lipinski definition) is 4. The van der Waals surface area contributed by atoms with Crippen LogP contribution in [0.15, 0.2) is 18.7 Å². The van der Waals surface area contributed by atoms with E-state index in [1.54, 1.807) is 26.4 Å². The molecule has 1 heterocycles. The Labute approximate surface area is 119 Å². The maximum Gasteiger partial charge on any atom is 0.222 e. The third-order valence-corrected chi connectivity index (χ3v) is 3.36. The maximum atomic E-state index is 11.8. The molecule has 0 aliphatic carbocycles. The number of aliphatic carboxylic acids is 1. The van der Waals surface area contributed by atoms with Crippen molar-refractivity contribution in [1.82, 2.24) is 14.9 Å². The van der Waals surface area contributed by atoms with E-state index in [4.69, 9.17) is 0 Å². The zero-order chi connectivity index (χ0) is 15.0. The summed E-state index contributed by atoms with van der Waals surface area (Å²) in [6, 6.07) is 0. The summed E-state index contributed by atoms with van der Waals surface area (Å²) in [5.41, 5.74) is 0. The average Bonchev–Trinajstić information content (AvgIpc) is 2.93. The Morgan fingerprint density at radius 3 is 2.75 bits per heavy atom. The van der Waals surface area contributed by atoms with Crippen LogP contribution in [-0.4, -0.2) is 28.0 Å². The molecule has 0 spiro atoms. The minimum Gasteiger partial charge on any atom is -0.550 e. The molecule has 0 radical (unpaired) electrons. The number of nitrogens with zero attached hydrogens (tertiary/aromatic N) is 2. The van der Waals surface area contributed by atoms with Crippen molar-refractivity contribution in [3.8, 4) is 0 Å². The smallest absolute Gasteiger partial charge is 0.222 e. The fourth-order valence-electron chi connectivity index (χ4n) is 2.03. The first-order valence-electron chi connectivity index (χ1n) is 6.98. The van der Waals surface area contributed by atoms with Gasteiger partial charge in [-0.15, -0.1) is 0 Å². The van der Waals surface area contributed by atoms with Crippen LogP contribution >= 0.6 is 0 Å². The van der Waals surface area contributed by atoms with Crippen LogP contribution in [0.25, 0.3) is 0 Å². The molecule has 0 aliphatic rings. The second-order valence-electron chi connectivity index (χ2n) is 5.01. The quantitative estimate of drug-likeness (QED) is 0.654. The highest BCUT2D eigenvalue weighted by Crippen LogP contribution is 2.15. The van der Waals surface area contributed by atoms with Gasteiger partial charge in [0.2, 0.25) is 5.91 Å². The Bertz CT molecular complexity index is 417. The van der Waals surface area contributed by atoms with E-state index in [0.29, 0.717) is 19.4 Å². The van der Waals surface area contributed by atoms with Crippen LogP contribution in [0.3, 0.4) is 0 Å². The summed E-state index contributed by atoms with van der Waals surface area (Å²) in [7, 11) is 0. The molecule has 1 rings (SSSR count). The highest BCUT2D eigenvalue weighted by molar-refractivity contribution is 5.79. The standard InChI is InChI=1S/C14H23N3O3/c1-3-12(14(19)20)9-11(2)13(18)16-5-4-7-17-8-6-15-10-17/h6,8,10-12H,3-5,7,9H2,1-2H3,(H,16,18)(H,19,20)/p-1. The van der Waals surface area contributed by atoms with Crippen molar-refractivity contribution < 1.29 is 14.7 Å². The third kappa shape index (κ3) is 5.42. The molecule has 0 aliphatic heterocycles. The molecule has 0 bridgehead atoms. The fraction of sp³-hybridized carbons (Fsp3) is 0.643. The monoisotopic (exact) mass is 280 g/mol. The number of carboxylic acid groups (broad SMARTS) is 1. The van der Waals surface area contributed by atoms with Gasteiger partial charge in [-0.1, -0.05) is 13.8 Å². The molecule has 0 fully saturated rings. The fourth-order valence-corrected chi connectivity index (χ4v) is 2.03. The summed E-state index contributed by atoms with van der Waals surface area (Å²) in [5, 5.41) is 13.7. The van der Waals surface area contributed by atoms with Crippen molar-refractivity contribution >= 4 is 11.9 Å². The van der Waals surface area contributed by atoms with Crippen molar-refractivity contribution in [3.05, 3.63) is 18.7 Å². The molecule has 0 saturated carbocycles. The van der Waals surface area contributed by atoms with Crippen molar-refractivity contribution in [2.75, 3.05) is 6.54 Å². The number of amides is 1. The van der Waals surface area contributed by atoms with Crippen LogP contribution in [0.5, 0.6) is 0 Å². The van der Waals surface area contributed by atoms with Gasteiger partial charge in [-0.25, -0.2) is 4.98 Å². The van der Waals surface area contributed by atoms with Gasteiger partial charge in [0.25, 0.3) is 0 Å². The molecule has 20 heavy (non-hydrogen) atoms. The molecule has 0 saturated heterocycles. The van der Waals surface area contributed by atoms with Gasteiger partial charge in [-0.2, -0.15) is 0 Å². The van der Waals surface area contributed by atoms with Gasteiger partial charge in [-0.3, -0.25) is 4.79 Å². The Morgan fingerprint density at radius 2 is 2.20 bits per heavy atom. The lowest BCUT2D eigenvalue weighted by Gasteiger charge is -2.20. The molecular formula is C14H22N3O3-. The number of rotatable bonds is 9. The number of hydrogen-bond donors (Lipinski definition) is 1. The van der Waals surface area contributed by atoms with Crippen molar-refractivity contribution in [2.45, 2.75) is 39.7 Å². The second-order valence-corrected chi connectivity index (χ2v) is 5.01. The number of carboxylic acids is 1. The molecule has 6 nitrogen and oxygen atoms in total. The van der Waals surface area contributed by atoms with Gasteiger partial charge in [0.05, 0.1) is 6.33 Å². The molecular weight excluding hydrogens is 258 g/mol. The maximum absolute atomic E-state index is 11.8. The highest BCUT2D eigenvalue weighted by Gasteiger charge is 2.18. The van der Waals surface area contributed by atoms with Crippen molar-refractivity contribution in [3.63, 3.8) is 0 Å². The number of aromatic nitrogens is 2. The summed E-state index contributed by atoms with van der Waals surface area (Å²) in [6.45, 7) is 4.90. The first-order valence-corrected chi connectivity index (χ1v) is 6.98. The average molecular weight is 280 g/mol. The minimum absolute atomic E-state index is 0.102. The van der Waals surface area contributed by atoms with Gasteiger partial charge in [0, 0.05) is 37.4 Å². The zero-order valence-electron chi connectivity index (χ0n) is 12.0. The van der Waals surface area contributed by atoms with E-state index in [9.17, 15) is 14.7 Å². The van der Waals surface area contributed by atoms with Crippen molar-refractivity contribution in [2.24, 2.45) is 11.8 Å². The summed E-state index contributed by atoms with van der Waals surface area (Å²) >= 11 is 0. The van der Waals surface area contributed by atoms with E-state index in [-0.39, 0.29) is 11.8 Å². The largest absolute Gasteiger partial charge is 0.550 e. The highest BCUT2D eigenvalue weighted by atomic mass is 16.4. The van der Waals surface area contributed by atoms with Crippen LogP contribution in [0.1, 0.15) is 33.1 Å². The number of carbonyl (C=O) groups excluding carboxylic acids is 2. The van der Waals surface area contributed by atoms with E-state index in [1.165, 1.54) is 0 Å². The molecule has 112 valence electrons. The third-order valence-electron chi connectivity index (χ3n) is 3.36. The molecule has 2 unspecified atom stereocenters. The van der Waals surface area contributed by atoms with Gasteiger partial charge in [0.1, 0.15) is 0 Å². The molecule has 1 aromatic rings. The topological polar surface area (TPSA) is 87.0 Å². The van der Waals surface area contributed by atoms with Crippen LogP contribution < -0.4 is 10.4 Å². The first-order chi connectivity index (χ1) is 9.54. The summed E-state index contributed by atoms with van der Waals surface area (Å²) in [5.74, 6) is -2.05. The number of carbonyl (C=O) groups is 2. The lowest BCUT2D eigenvalue weighted by Crippen LogP contribution is -2.36. The Hall–Kier alpha value is -1.85. The normalized spacial score (nSPS) is 13.7. The molecule has 1 amide bonds. The number of aryl methyl sites for hydroxylation is 1. The minimum atomic E-state index is -1.08. The Balaban J connectivity index is 2.22. The van der Waals surface area contributed by atoms with Crippen molar-refractivity contribution in [1.29, 1.82) is 0 Å². The summed E-state index contributed by atoms with van der Waals surface area (Å²) in [4.78, 5) is 26.6. The van der Waals surface area contributed by atoms with Crippen LogP contribution in [0, 0.1) is 11.8 Å². The summed E-state index contributed by atoms with van der Waals surface area (Å²) in [6.07, 6.45) is 6.94. The van der Waals surface area contributed by atoms with E-state index in [2.05, 4.69) is 10.3 Å². The van der Waals surface area contributed by atoms with E-state index < -0.39 is 11.9 Å². The molecule has 2 atom stereocenters. The van der Waals surface area contributed by atoms with E-state index >= 15 is 0 Å². The molecule has 6 heteroatoms. The van der Waals surface area contributed by atoms with Gasteiger partial charge in [0.15, 0.2) is 0 Å². The molecule has 1 aromatic heterocycles. The van der Waals surface area contributed by atoms with Crippen LogP contribution in [0.2, 0.25) is 0 Å². The van der Waals surface area contributed by atoms with E-state index in [1.807, 2.05) is 10.8 Å². The second kappa shape index (κ2) is 8.35. The van der Waals surface area contributed by atoms with Gasteiger partial charge < -0.3 is 19.8 Å². The van der Waals surface area contributed by atoms with Gasteiger partial charge >= 0.3 is 0 Å². The van der Waals surface area contributed by atoms with Crippen LogP contribution in [-0.2, 0) is 16.1 Å².